The Kier molecular flexibility index (Phi) is 8.25. The van der Waals surface area contributed by atoms with Gasteiger partial charge >= 0.3 is 0 Å². The van der Waals surface area contributed by atoms with E-state index in [0.717, 1.165) is 0 Å². The van der Waals surface area contributed by atoms with Crippen LogP contribution in [0.4, 0.5) is 0 Å². The summed E-state index contributed by atoms with van der Waals surface area (Å²) in [6.45, 7) is 0.140. The van der Waals surface area contributed by atoms with E-state index in [9.17, 15) is 8.42 Å². The molecule has 0 aliphatic heterocycles. The van der Waals surface area contributed by atoms with Crippen LogP contribution in [0.5, 0.6) is 11.5 Å². The molecule has 8 heteroatoms. The van der Waals surface area contributed by atoms with Gasteiger partial charge in [0.2, 0.25) is 10.0 Å². The number of methoxy groups -OCH3 is 4. The molecule has 0 saturated heterocycles. The molecular weight excluding hydrogens is 382 g/mol. The highest BCUT2D eigenvalue weighted by atomic mass is 32.2. The lowest BCUT2D eigenvalue weighted by atomic mass is 10.2. The Morgan fingerprint density at radius 2 is 1.57 bits per heavy atom. The minimum Gasteiger partial charge on any atom is -0.493 e. The molecule has 0 heterocycles. The van der Waals surface area contributed by atoms with Crippen molar-refractivity contribution in [2.75, 3.05) is 35.0 Å². The average molecular weight is 410 g/mol. The molecular formula is C20H27NO6S. The highest BCUT2D eigenvalue weighted by molar-refractivity contribution is 7.88. The van der Waals surface area contributed by atoms with Gasteiger partial charge < -0.3 is 18.9 Å². The van der Waals surface area contributed by atoms with Crippen LogP contribution in [0.2, 0.25) is 0 Å². The molecule has 2 aromatic rings. The maximum Gasteiger partial charge on any atom is 0.218 e. The fourth-order valence-electron chi connectivity index (χ4n) is 2.83. The van der Waals surface area contributed by atoms with Gasteiger partial charge in [-0.25, -0.2) is 8.42 Å². The number of para-hydroxylation sites is 1. The summed E-state index contributed by atoms with van der Waals surface area (Å²) in [5, 5.41) is 0. The van der Waals surface area contributed by atoms with Gasteiger partial charge in [-0.3, -0.25) is 0 Å². The lowest BCUT2D eigenvalue weighted by Gasteiger charge is -2.26. The minimum absolute atomic E-state index is 0.0442. The first-order valence-electron chi connectivity index (χ1n) is 8.72. The highest BCUT2D eigenvalue weighted by Crippen LogP contribution is 2.32. The molecule has 154 valence electrons. The van der Waals surface area contributed by atoms with Crippen LogP contribution < -0.4 is 9.47 Å². The zero-order chi connectivity index (χ0) is 20.6. The van der Waals surface area contributed by atoms with Crippen LogP contribution in [0.1, 0.15) is 11.1 Å². The number of nitrogens with zero attached hydrogens (tertiary/aromatic N) is 1. The van der Waals surface area contributed by atoms with Crippen molar-refractivity contribution in [2.45, 2.75) is 18.6 Å². The summed E-state index contributed by atoms with van der Waals surface area (Å²) in [5.41, 5.74) is 1.39. The van der Waals surface area contributed by atoms with Crippen LogP contribution in [-0.4, -0.2) is 54.0 Å². The molecule has 0 aromatic heterocycles. The Hall–Kier alpha value is -2.13. The number of hydrogen-bond donors (Lipinski definition) is 0. The van der Waals surface area contributed by atoms with Gasteiger partial charge in [-0.05, 0) is 11.6 Å². The first kappa shape index (κ1) is 22.2. The summed E-state index contributed by atoms with van der Waals surface area (Å²) in [4.78, 5) is 0. The van der Waals surface area contributed by atoms with E-state index < -0.39 is 16.3 Å². The third kappa shape index (κ3) is 5.68. The molecule has 7 nitrogen and oxygen atoms in total. The Morgan fingerprint density at radius 1 is 0.893 bits per heavy atom. The van der Waals surface area contributed by atoms with Gasteiger partial charge in [-0.1, -0.05) is 42.5 Å². The van der Waals surface area contributed by atoms with Crippen LogP contribution in [0.25, 0.3) is 0 Å². The van der Waals surface area contributed by atoms with E-state index in [1.807, 2.05) is 18.2 Å². The molecule has 0 aliphatic rings. The van der Waals surface area contributed by atoms with Gasteiger partial charge in [0.25, 0.3) is 0 Å². The van der Waals surface area contributed by atoms with E-state index in [1.165, 1.54) is 32.7 Å². The van der Waals surface area contributed by atoms with Gasteiger partial charge in [-0.15, -0.1) is 0 Å². The monoisotopic (exact) mass is 409 g/mol. The second kappa shape index (κ2) is 10.4. The van der Waals surface area contributed by atoms with Crippen molar-refractivity contribution in [3.63, 3.8) is 0 Å². The summed E-state index contributed by atoms with van der Waals surface area (Å²) in [6, 6.07) is 14.4. The molecule has 0 radical (unpaired) electrons. The quantitative estimate of drug-likeness (QED) is 0.531. The Labute approximate surface area is 166 Å². The normalized spacial score (nSPS) is 11.8. The molecule has 0 unspecified atom stereocenters. The smallest absolute Gasteiger partial charge is 0.218 e. The van der Waals surface area contributed by atoms with Crippen molar-refractivity contribution in [2.24, 2.45) is 0 Å². The molecule has 0 aliphatic carbocycles. The largest absolute Gasteiger partial charge is 0.493 e. The predicted molar refractivity (Wildman–Crippen MR) is 107 cm³/mol. The van der Waals surface area contributed by atoms with E-state index in [-0.39, 0.29) is 18.8 Å². The van der Waals surface area contributed by atoms with Crippen LogP contribution >= 0.6 is 0 Å². The van der Waals surface area contributed by atoms with Crippen molar-refractivity contribution in [3.05, 3.63) is 59.7 Å². The Balaban J connectivity index is 2.37. The Bertz CT molecular complexity index is 837. The van der Waals surface area contributed by atoms with Crippen molar-refractivity contribution < 1.29 is 27.4 Å². The topological polar surface area (TPSA) is 74.3 Å². The molecule has 0 amide bonds. The van der Waals surface area contributed by atoms with E-state index in [0.29, 0.717) is 22.6 Å². The molecule has 0 atom stereocenters. The van der Waals surface area contributed by atoms with Gasteiger partial charge in [0.05, 0.1) is 26.5 Å². The van der Waals surface area contributed by atoms with Gasteiger partial charge in [0.15, 0.2) is 17.8 Å². The van der Waals surface area contributed by atoms with Gasteiger partial charge in [0, 0.05) is 26.3 Å². The van der Waals surface area contributed by atoms with Crippen molar-refractivity contribution in [1.82, 2.24) is 4.31 Å². The maximum atomic E-state index is 13.2. The lowest BCUT2D eigenvalue weighted by molar-refractivity contribution is -0.108. The fourth-order valence-corrected chi connectivity index (χ4v) is 4.31. The summed E-state index contributed by atoms with van der Waals surface area (Å²) >= 11 is 0. The van der Waals surface area contributed by atoms with Crippen molar-refractivity contribution >= 4 is 10.0 Å². The van der Waals surface area contributed by atoms with Crippen LogP contribution in [0.15, 0.2) is 48.5 Å². The van der Waals surface area contributed by atoms with E-state index in [1.54, 1.807) is 30.3 Å². The molecule has 0 spiro atoms. The molecule has 0 saturated carbocycles. The zero-order valence-corrected chi connectivity index (χ0v) is 17.4. The summed E-state index contributed by atoms with van der Waals surface area (Å²) < 4.78 is 48.9. The predicted octanol–water partition coefficient (Wildman–Crippen LogP) is 2.65. The standard InChI is InChI=1S/C20H27NO6S/c1-24-18-12-8-11-17(20(18)27-4)13-21(14-19(25-2)26-3)28(22,23)15-16-9-6-5-7-10-16/h5-12,19H,13-15H2,1-4H3. The highest BCUT2D eigenvalue weighted by Gasteiger charge is 2.27. The third-order valence-electron chi connectivity index (χ3n) is 4.29. The van der Waals surface area contributed by atoms with Crippen LogP contribution in [-0.2, 0) is 31.8 Å². The summed E-state index contributed by atoms with van der Waals surface area (Å²) in [5.74, 6) is 0.909. The second-order valence-corrected chi connectivity index (χ2v) is 8.06. The first-order chi connectivity index (χ1) is 13.4. The van der Waals surface area contributed by atoms with Gasteiger partial charge in [-0.2, -0.15) is 4.31 Å². The van der Waals surface area contributed by atoms with E-state index in [4.69, 9.17) is 18.9 Å². The lowest BCUT2D eigenvalue weighted by Crippen LogP contribution is -2.39. The minimum atomic E-state index is -3.66. The SMILES string of the molecule is COc1cccc(CN(CC(OC)OC)S(=O)(=O)Cc2ccccc2)c1OC. The zero-order valence-electron chi connectivity index (χ0n) is 16.6. The molecule has 0 bridgehead atoms. The number of hydrogen-bond acceptors (Lipinski definition) is 6. The van der Waals surface area contributed by atoms with Crippen molar-refractivity contribution in [1.29, 1.82) is 0 Å². The summed E-state index contributed by atoms with van der Waals surface area (Å²) in [6.07, 6.45) is -0.692. The van der Waals surface area contributed by atoms with E-state index >= 15 is 0 Å². The number of benzene rings is 2. The molecule has 2 rings (SSSR count). The average Bonchev–Trinajstić information content (AvgIpc) is 2.71. The van der Waals surface area contributed by atoms with E-state index in [2.05, 4.69) is 0 Å². The number of rotatable bonds is 11. The molecule has 0 N–H and O–H groups in total. The maximum absolute atomic E-state index is 13.2. The van der Waals surface area contributed by atoms with Crippen LogP contribution in [0.3, 0.4) is 0 Å². The molecule has 28 heavy (non-hydrogen) atoms. The number of ether oxygens (including phenoxy) is 4. The molecule has 0 fully saturated rings. The first-order valence-corrected chi connectivity index (χ1v) is 10.3. The summed E-state index contributed by atoms with van der Waals surface area (Å²) in [7, 11) is 2.36. The van der Waals surface area contributed by atoms with Crippen molar-refractivity contribution in [3.8, 4) is 11.5 Å². The van der Waals surface area contributed by atoms with Gasteiger partial charge in [0.1, 0.15) is 0 Å². The Morgan fingerprint density at radius 3 is 2.14 bits per heavy atom. The third-order valence-corrected chi connectivity index (χ3v) is 6.06. The molecule has 2 aromatic carbocycles. The van der Waals surface area contributed by atoms with Crippen LogP contribution in [0, 0.1) is 0 Å². The fraction of sp³-hybridized carbons (Fsp3) is 0.400. The second-order valence-electron chi connectivity index (χ2n) is 6.09. The number of sulfonamides is 1.